The molecule has 2 aliphatic rings. The van der Waals surface area contributed by atoms with Gasteiger partial charge in [-0.1, -0.05) is 99.7 Å². The number of hydrogen-bond acceptors (Lipinski definition) is 4. The fourth-order valence-electron chi connectivity index (χ4n) is 7.21. The Morgan fingerprint density at radius 3 is 1.95 bits per heavy atom. The lowest BCUT2D eigenvalue weighted by Gasteiger charge is -2.34. The van der Waals surface area contributed by atoms with Gasteiger partial charge in [0.25, 0.3) is 0 Å². The molecule has 0 aliphatic heterocycles. The molecule has 4 nitrogen and oxygen atoms in total. The van der Waals surface area contributed by atoms with Crippen LogP contribution in [0.25, 0.3) is 0 Å². The van der Waals surface area contributed by atoms with Crippen LogP contribution in [0.4, 0.5) is 0 Å². The molecule has 0 radical (unpaired) electrons. The summed E-state index contributed by atoms with van der Waals surface area (Å²) in [5, 5.41) is 11.3. The van der Waals surface area contributed by atoms with Gasteiger partial charge in [-0.25, -0.2) is 0 Å². The first-order chi connectivity index (χ1) is 18.4. The van der Waals surface area contributed by atoms with Crippen LogP contribution >= 0.6 is 0 Å². The molecule has 4 rings (SSSR count). The van der Waals surface area contributed by atoms with Crippen LogP contribution in [0.3, 0.4) is 0 Å². The summed E-state index contributed by atoms with van der Waals surface area (Å²) in [7, 11) is 0. The smallest absolute Gasteiger partial charge is 0.139 e. The summed E-state index contributed by atoms with van der Waals surface area (Å²) in [6.45, 7) is 6.51. The van der Waals surface area contributed by atoms with Crippen molar-refractivity contribution in [3.8, 4) is 0 Å². The van der Waals surface area contributed by atoms with Gasteiger partial charge in [0.1, 0.15) is 5.78 Å². The average molecular weight is 521 g/mol. The second kappa shape index (κ2) is 13.9. The molecular weight excluding hydrogens is 472 g/mol. The Kier molecular flexibility index (Phi) is 10.6. The van der Waals surface area contributed by atoms with Crippen LogP contribution in [0.5, 0.6) is 0 Å². The Hall–Kier alpha value is -2.01. The Bertz CT molecular complexity index is 925. The molecule has 0 unspecified atom stereocenters. The van der Waals surface area contributed by atoms with Crippen LogP contribution in [0.2, 0.25) is 0 Å². The molecule has 208 valence electrons. The van der Waals surface area contributed by atoms with E-state index in [1.54, 1.807) is 0 Å². The molecular formula is C34H48O4. The molecule has 0 aromatic heterocycles. The SMILES string of the molecule is CCCCCCCCC(=O)[C@@H]1[C@H]2CC(COCc3ccccc3)(COCc3ccccc3)C[C@H]2C[C@]1(C)O. The number of aliphatic hydroxyl groups is 1. The molecule has 2 fully saturated rings. The zero-order valence-corrected chi connectivity index (χ0v) is 23.6. The molecule has 0 spiro atoms. The van der Waals surface area contributed by atoms with Crippen molar-refractivity contribution in [3.63, 3.8) is 0 Å². The monoisotopic (exact) mass is 520 g/mol. The van der Waals surface area contributed by atoms with Crippen LogP contribution in [0.15, 0.2) is 60.7 Å². The van der Waals surface area contributed by atoms with E-state index in [-0.39, 0.29) is 23.0 Å². The van der Waals surface area contributed by atoms with E-state index < -0.39 is 5.60 Å². The topological polar surface area (TPSA) is 55.8 Å². The van der Waals surface area contributed by atoms with Crippen LogP contribution < -0.4 is 0 Å². The molecule has 0 heterocycles. The summed E-state index contributed by atoms with van der Waals surface area (Å²) in [4.78, 5) is 13.5. The van der Waals surface area contributed by atoms with E-state index in [9.17, 15) is 9.90 Å². The highest BCUT2D eigenvalue weighted by molar-refractivity contribution is 5.83. The van der Waals surface area contributed by atoms with Gasteiger partial charge in [0.05, 0.1) is 32.0 Å². The van der Waals surface area contributed by atoms with Gasteiger partial charge in [-0.2, -0.15) is 0 Å². The molecule has 0 saturated heterocycles. The zero-order chi connectivity index (χ0) is 26.8. The summed E-state index contributed by atoms with van der Waals surface area (Å²) in [6.07, 6.45) is 10.1. The maximum Gasteiger partial charge on any atom is 0.139 e. The lowest BCUT2D eigenvalue weighted by molar-refractivity contribution is -0.132. The van der Waals surface area contributed by atoms with Gasteiger partial charge in [-0.3, -0.25) is 4.79 Å². The first-order valence-electron chi connectivity index (χ1n) is 14.9. The third-order valence-electron chi connectivity index (χ3n) is 8.91. The highest BCUT2D eigenvalue weighted by Crippen LogP contribution is 2.59. The lowest BCUT2D eigenvalue weighted by atomic mass is 9.76. The Morgan fingerprint density at radius 2 is 1.37 bits per heavy atom. The number of ether oxygens (including phenoxy) is 2. The van der Waals surface area contributed by atoms with Crippen molar-refractivity contribution in [1.82, 2.24) is 0 Å². The number of carbonyl (C=O) groups excluding carboxylic acids is 1. The molecule has 2 aliphatic carbocycles. The van der Waals surface area contributed by atoms with E-state index in [0.29, 0.717) is 45.2 Å². The number of ketones is 1. The summed E-state index contributed by atoms with van der Waals surface area (Å²) in [6, 6.07) is 20.6. The van der Waals surface area contributed by atoms with E-state index >= 15 is 0 Å². The third kappa shape index (κ3) is 7.77. The minimum absolute atomic E-state index is 0.131. The molecule has 1 N–H and O–H groups in total. The highest BCUT2D eigenvalue weighted by atomic mass is 16.5. The Balaban J connectivity index is 1.39. The highest BCUT2D eigenvalue weighted by Gasteiger charge is 2.59. The predicted molar refractivity (Wildman–Crippen MR) is 153 cm³/mol. The maximum atomic E-state index is 13.5. The van der Waals surface area contributed by atoms with Crippen LogP contribution in [0, 0.1) is 23.2 Å². The molecule has 2 aromatic rings. The number of unbranched alkanes of at least 4 members (excludes halogenated alkanes) is 5. The number of hydrogen-bond donors (Lipinski definition) is 1. The van der Waals surface area contributed by atoms with Crippen LogP contribution in [-0.2, 0) is 27.5 Å². The van der Waals surface area contributed by atoms with Gasteiger partial charge in [-0.15, -0.1) is 0 Å². The average Bonchev–Trinajstić information content (AvgIpc) is 3.35. The van der Waals surface area contributed by atoms with Gasteiger partial charge >= 0.3 is 0 Å². The summed E-state index contributed by atoms with van der Waals surface area (Å²) in [5.41, 5.74) is 1.30. The van der Waals surface area contributed by atoms with Gasteiger partial charge in [0.2, 0.25) is 0 Å². The summed E-state index contributed by atoms with van der Waals surface area (Å²) >= 11 is 0. The van der Waals surface area contributed by atoms with Gasteiger partial charge in [-0.05, 0) is 55.6 Å². The number of benzene rings is 2. The second-order valence-corrected chi connectivity index (χ2v) is 12.3. The quantitative estimate of drug-likeness (QED) is 0.233. The van der Waals surface area contributed by atoms with Crippen molar-refractivity contribution in [3.05, 3.63) is 71.8 Å². The van der Waals surface area contributed by atoms with E-state index in [2.05, 4.69) is 31.2 Å². The minimum atomic E-state index is -0.906. The van der Waals surface area contributed by atoms with E-state index in [0.717, 1.165) is 25.7 Å². The number of Topliss-reactive ketones (excluding diaryl/α,β-unsaturated/α-hetero) is 1. The van der Waals surface area contributed by atoms with Crippen LogP contribution in [0.1, 0.15) is 89.2 Å². The van der Waals surface area contributed by atoms with Crippen molar-refractivity contribution >= 4 is 5.78 Å². The normalized spacial score (nSPS) is 25.9. The van der Waals surface area contributed by atoms with Gasteiger partial charge in [0, 0.05) is 17.8 Å². The molecule has 2 saturated carbocycles. The van der Waals surface area contributed by atoms with E-state index in [1.807, 2.05) is 43.3 Å². The fourth-order valence-corrected chi connectivity index (χ4v) is 7.21. The fraction of sp³-hybridized carbons (Fsp3) is 0.618. The van der Waals surface area contributed by atoms with Crippen LogP contribution in [-0.4, -0.2) is 29.7 Å². The number of fused-ring (bicyclic) bond motifs is 1. The van der Waals surface area contributed by atoms with Crippen molar-refractivity contribution < 1.29 is 19.4 Å². The molecule has 4 heteroatoms. The predicted octanol–water partition coefficient (Wildman–Crippen LogP) is 7.52. The third-order valence-corrected chi connectivity index (χ3v) is 8.91. The Labute approximate surface area is 230 Å². The molecule has 4 atom stereocenters. The standard InChI is InChI=1S/C34H48O4/c1-3-4-5-6-7-14-19-31(35)32-30-22-34(21-29(30)20-33(32,2)36,25-37-23-27-15-10-8-11-16-27)26-38-24-28-17-12-9-13-18-28/h8-13,15-18,29-30,32,36H,3-7,14,19-26H2,1-2H3/t29-,30+,32+,33+/m1/s1. The van der Waals surface area contributed by atoms with E-state index in [4.69, 9.17) is 9.47 Å². The largest absolute Gasteiger partial charge is 0.389 e. The van der Waals surface area contributed by atoms with Crippen molar-refractivity contribution in [2.45, 2.75) is 96.9 Å². The van der Waals surface area contributed by atoms with Crippen molar-refractivity contribution in [2.75, 3.05) is 13.2 Å². The summed E-state index contributed by atoms with van der Waals surface area (Å²) < 4.78 is 12.6. The molecule has 0 amide bonds. The molecule has 0 bridgehead atoms. The lowest BCUT2D eigenvalue weighted by Crippen LogP contribution is -2.40. The molecule has 2 aromatic carbocycles. The minimum Gasteiger partial charge on any atom is -0.389 e. The number of carbonyl (C=O) groups is 1. The molecule has 38 heavy (non-hydrogen) atoms. The van der Waals surface area contributed by atoms with Gasteiger partial charge < -0.3 is 14.6 Å². The zero-order valence-electron chi connectivity index (χ0n) is 23.6. The van der Waals surface area contributed by atoms with Crippen molar-refractivity contribution in [1.29, 1.82) is 0 Å². The first kappa shape index (κ1) is 29.0. The Morgan fingerprint density at radius 1 is 0.816 bits per heavy atom. The van der Waals surface area contributed by atoms with E-state index in [1.165, 1.54) is 36.8 Å². The van der Waals surface area contributed by atoms with Gasteiger partial charge in [0.15, 0.2) is 0 Å². The number of rotatable bonds is 16. The maximum absolute atomic E-state index is 13.5. The summed E-state index contributed by atoms with van der Waals surface area (Å²) in [5.74, 6) is 0.542. The van der Waals surface area contributed by atoms with Crippen molar-refractivity contribution in [2.24, 2.45) is 23.2 Å². The second-order valence-electron chi connectivity index (χ2n) is 12.3. The first-order valence-corrected chi connectivity index (χ1v) is 14.9.